The third-order valence-corrected chi connectivity index (χ3v) is 5.57. The van der Waals surface area contributed by atoms with Crippen LogP contribution in [0.25, 0.3) is 0 Å². The molecule has 3 aromatic heterocycles. The molecule has 0 aliphatic rings. The van der Waals surface area contributed by atoms with Gasteiger partial charge in [-0.2, -0.15) is 0 Å². The van der Waals surface area contributed by atoms with Gasteiger partial charge in [-0.25, -0.2) is 4.79 Å². The van der Waals surface area contributed by atoms with E-state index >= 15 is 0 Å². The molecule has 0 aromatic carbocycles. The predicted molar refractivity (Wildman–Crippen MR) is 162 cm³/mol. The number of carbonyl (C=O) groups excluding carboxylic acids is 4. The van der Waals surface area contributed by atoms with Gasteiger partial charge in [-0.1, -0.05) is 0 Å². The van der Waals surface area contributed by atoms with Crippen LogP contribution in [0.4, 0.5) is 21.9 Å². The van der Waals surface area contributed by atoms with Gasteiger partial charge in [0.15, 0.2) is 5.96 Å². The molecule has 0 bridgehead atoms. The normalized spacial score (nSPS) is 10.7. The Morgan fingerprint density at radius 1 is 0.762 bits per heavy atom. The Morgan fingerprint density at radius 2 is 1.17 bits per heavy atom. The van der Waals surface area contributed by atoms with Crippen molar-refractivity contribution in [1.29, 1.82) is 0 Å². The number of aliphatic imine (C=N–C) groups is 1. The van der Waals surface area contributed by atoms with Crippen molar-refractivity contribution in [3.63, 3.8) is 0 Å². The Balaban J connectivity index is 0.00000616. The molecule has 0 saturated carbocycles. The van der Waals surface area contributed by atoms with E-state index in [9.17, 15) is 19.2 Å². The van der Waals surface area contributed by atoms with Gasteiger partial charge in [0.1, 0.15) is 22.7 Å². The number of hydrogen-bond donors (Lipinski definition) is 6. The first-order valence-electron chi connectivity index (χ1n) is 12.6. The molecule has 3 aromatic rings. The van der Waals surface area contributed by atoms with E-state index in [2.05, 4.69) is 26.3 Å². The summed E-state index contributed by atoms with van der Waals surface area (Å²) in [5.41, 5.74) is 11.9. The van der Waals surface area contributed by atoms with Gasteiger partial charge >= 0.3 is 6.09 Å². The number of carbonyl (C=O) groups is 4. The van der Waals surface area contributed by atoms with Crippen molar-refractivity contribution in [1.82, 2.24) is 19.0 Å². The fourth-order valence-electron chi connectivity index (χ4n) is 3.83. The van der Waals surface area contributed by atoms with Crippen molar-refractivity contribution in [3.05, 3.63) is 53.9 Å². The summed E-state index contributed by atoms with van der Waals surface area (Å²) in [6.45, 7) is 5.73. The lowest BCUT2D eigenvalue weighted by Gasteiger charge is -2.19. The second kappa shape index (κ2) is 13.6. The molecule has 0 aliphatic carbocycles. The SMILES string of the molecule is Cl.Cn1cc(NC(=O)c2cc(NC(=O)c3cc(NC(=O)OC(C)(C)C)cn3C)cn2C)cc1C(=O)NCCN=C(N)N. The van der Waals surface area contributed by atoms with Crippen molar-refractivity contribution in [2.45, 2.75) is 26.4 Å². The zero-order valence-corrected chi connectivity index (χ0v) is 25.1. The molecule has 0 fully saturated rings. The lowest BCUT2D eigenvalue weighted by Crippen LogP contribution is -2.29. The first-order valence-corrected chi connectivity index (χ1v) is 12.6. The highest BCUT2D eigenvalue weighted by molar-refractivity contribution is 6.07. The molecule has 8 N–H and O–H groups in total. The average Bonchev–Trinajstić information content (AvgIpc) is 3.51. The van der Waals surface area contributed by atoms with Crippen molar-refractivity contribution in [2.75, 3.05) is 29.0 Å². The molecule has 0 aliphatic heterocycles. The molecule has 0 spiro atoms. The summed E-state index contributed by atoms with van der Waals surface area (Å²) >= 11 is 0. The van der Waals surface area contributed by atoms with Crippen LogP contribution in [0.3, 0.4) is 0 Å². The Hall–Kier alpha value is -4.92. The molecular weight excluding hydrogens is 568 g/mol. The lowest BCUT2D eigenvalue weighted by atomic mass is 10.2. The van der Waals surface area contributed by atoms with Gasteiger partial charge in [-0.05, 0) is 39.0 Å². The van der Waals surface area contributed by atoms with Crippen LogP contribution in [0.2, 0.25) is 0 Å². The molecule has 0 radical (unpaired) electrons. The van der Waals surface area contributed by atoms with Crippen LogP contribution in [0.1, 0.15) is 52.2 Å². The summed E-state index contributed by atoms with van der Waals surface area (Å²) in [5.74, 6) is -1.30. The molecule has 0 saturated heterocycles. The zero-order valence-electron chi connectivity index (χ0n) is 24.3. The number of guanidine groups is 1. The number of nitrogens with zero attached hydrogens (tertiary/aromatic N) is 4. The predicted octanol–water partition coefficient (Wildman–Crippen LogP) is 1.98. The zero-order chi connectivity index (χ0) is 30.5. The van der Waals surface area contributed by atoms with E-state index in [0.29, 0.717) is 22.8 Å². The molecule has 42 heavy (non-hydrogen) atoms. The summed E-state index contributed by atoms with van der Waals surface area (Å²) in [7, 11) is 5.00. The molecular formula is C26H37ClN10O5. The molecule has 228 valence electrons. The van der Waals surface area contributed by atoms with Crippen LogP contribution < -0.4 is 32.7 Å². The van der Waals surface area contributed by atoms with Crippen molar-refractivity contribution in [2.24, 2.45) is 37.6 Å². The third-order valence-electron chi connectivity index (χ3n) is 5.57. The third kappa shape index (κ3) is 9.05. The first-order chi connectivity index (χ1) is 19.1. The Morgan fingerprint density at radius 3 is 1.57 bits per heavy atom. The van der Waals surface area contributed by atoms with Gasteiger partial charge in [-0.15, -0.1) is 12.4 Å². The molecule has 15 nitrogen and oxygen atoms in total. The van der Waals surface area contributed by atoms with Crippen LogP contribution in [0.15, 0.2) is 41.8 Å². The number of halogens is 1. The quantitative estimate of drug-likeness (QED) is 0.121. The summed E-state index contributed by atoms with van der Waals surface area (Å²) < 4.78 is 9.94. The van der Waals surface area contributed by atoms with Crippen LogP contribution in [-0.4, -0.2) is 62.2 Å². The van der Waals surface area contributed by atoms with Crippen molar-refractivity contribution < 1.29 is 23.9 Å². The van der Waals surface area contributed by atoms with Crippen LogP contribution in [-0.2, 0) is 25.9 Å². The number of rotatable bonds is 9. The standard InChI is InChI=1S/C26H36N10O5.ClH/c1-26(2,3)41-25(40)33-17-11-20(36(6)14-17)23(39)32-16-10-19(35(5)13-16)22(38)31-15-9-18(34(4)12-15)21(37)29-7-8-30-24(27)28;/h9-14H,7-8H2,1-6H3,(H,29,37)(H,31,38)(H,32,39)(H,33,40)(H4,27,28,30);1H. The largest absolute Gasteiger partial charge is 0.444 e. The molecule has 4 amide bonds. The summed E-state index contributed by atoms with van der Waals surface area (Å²) in [6, 6.07) is 4.58. The van der Waals surface area contributed by atoms with Crippen LogP contribution in [0, 0.1) is 0 Å². The summed E-state index contributed by atoms with van der Waals surface area (Å²) in [6.07, 6.45) is 4.15. The summed E-state index contributed by atoms with van der Waals surface area (Å²) in [4.78, 5) is 54.2. The number of nitrogens with two attached hydrogens (primary N) is 2. The number of aromatic nitrogens is 3. The van der Waals surface area contributed by atoms with Crippen LogP contribution >= 0.6 is 12.4 Å². The van der Waals surface area contributed by atoms with E-state index < -0.39 is 23.5 Å². The topological polar surface area (TPSA) is 205 Å². The first kappa shape index (κ1) is 33.3. The highest BCUT2D eigenvalue weighted by Gasteiger charge is 2.20. The molecule has 3 rings (SSSR count). The number of nitrogens with one attached hydrogen (secondary N) is 4. The average molecular weight is 605 g/mol. The maximum atomic E-state index is 13.0. The monoisotopic (exact) mass is 604 g/mol. The minimum Gasteiger partial charge on any atom is -0.444 e. The van der Waals surface area contributed by atoms with Crippen LogP contribution in [0.5, 0.6) is 0 Å². The van der Waals surface area contributed by atoms with Gasteiger partial charge in [0.05, 0.1) is 23.6 Å². The Kier molecular flexibility index (Phi) is 10.8. The van der Waals surface area contributed by atoms with Gasteiger partial charge in [0.2, 0.25) is 0 Å². The fraction of sp³-hybridized carbons (Fsp3) is 0.346. The number of amides is 4. The number of hydrogen-bond acceptors (Lipinski definition) is 6. The minimum atomic E-state index is -0.663. The molecule has 0 unspecified atom stereocenters. The Bertz CT molecular complexity index is 1490. The van der Waals surface area contributed by atoms with E-state index in [1.807, 2.05) is 0 Å². The van der Waals surface area contributed by atoms with E-state index in [4.69, 9.17) is 16.2 Å². The second-order valence-electron chi connectivity index (χ2n) is 10.3. The fourth-order valence-corrected chi connectivity index (χ4v) is 3.83. The highest BCUT2D eigenvalue weighted by Crippen LogP contribution is 2.20. The molecule has 3 heterocycles. The highest BCUT2D eigenvalue weighted by atomic mass is 35.5. The van der Waals surface area contributed by atoms with Gasteiger partial charge in [0, 0.05) is 46.3 Å². The van der Waals surface area contributed by atoms with Gasteiger partial charge in [-0.3, -0.25) is 24.7 Å². The van der Waals surface area contributed by atoms with E-state index in [1.165, 1.54) is 18.2 Å². The Labute approximate surface area is 249 Å². The van der Waals surface area contributed by atoms with Gasteiger partial charge in [0.25, 0.3) is 17.7 Å². The smallest absolute Gasteiger partial charge is 0.412 e. The maximum absolute atomic E-state index is 13.0. The molecule has 0 atom stereocenters. The minimum absolute atomic E-state index is 0. The molecule has 16 heteroatoms. The number of anilines is 3. The van der Waals surface area contributed by atoms with E-state index in [0.717, 1.165) is 0 Å². The van der Waals surface area contributed by atoms with Gasteiger partial charge < -0.3 is 45.9 Å². The van der Waals surface area contributed by atoms with E-state index in [1.54, 1.807) is 74.2 Å². The number of ether oxygens (including phenoxy) is 1. The maximum Gasteiger partial charge on any atom is 0.412 e. The van der Waals surface area contributed by atoms with E-state index in [-0.39, 0.29) is 48.8 Å². The summed E-state index contributed by atoms with van der Waals surface area (Å²) in [5, 5.41) is 10.8. The van der Waals surface area contributed by atoms with Crippen molar-refractivity contribution >= 4 is 59.2 Å². The second-order valence-corrected chi connectivity index (χ2v) is 10.3. The number of aryl methyl sites for hydroxylation is 3. The van der Waals surface area contributed by atoms with Crippen molar-refractivity contribution in [3.8, 4) is 0 Å². The lowest BCUT2D eigenvalue weighted by molar-refractivity contribution is 0.0635.